The van der Waals surface area contributed by atoms with Crippen LogP contribution in [0, 0.1) is 0 Å². The van der Waals surface area contributed by atoms with E-state index < -0.39 is 18.2 Å². The van der Waals surface area contributed by atoms with Crippen molar-refractivity contribution in [2.24, 2.45) is 0 Å². The Labute approximate surface area is 170 Å². The van der Waals surface area contributed by atoms with E-state index in [-0.39, 0.29) is 12.3 Å². The molecule has 4 rings (SSSR count). The second-order valence-corrected chi connectivity index (χ2v) is 7.34. The summed E-state index contributed by atoms with van der Waals surface area (Å²) in [6.07, 6.45) is 3.85. The molecular weight excluding hydrogens is 368 g/mol. The van der Waals surface area contributed by atoms with E-state index >= 15 is 0 Å². The zero-order valence-corrected chi connectivity index (χ0v) is 16.6. The van der Waals surface area contributed by atoms with Crippen LogP contribution in [0.15, 0.2) is 48.5 Å². The van der Waals surface area contributed by atoms with Gasteiger partial charge in [0.05, 0.1) is 18.8 Å². The van der Waals surface area contributed by atoms with E-state index in [2.05, 4.69) is 23.2 Å². The highest BCUT2D eigenvalue weighted by atomic mass is 16.6. The fraction of sp³-hybridized carbons (Fsp3) is 0.348. The van der Waals surface area contributed by atoms with Crippen LogP contribution in [-0.4, -0.2) is 35.0 Å². The van der Waals surface area contributed by atoms with Gasteiger partial charge in [0.1, 0.15) is 0 Å². The number of methoxy groups -OCH3 is 1. The lowest BCUT2D eigenvalue weighted by atomic mass is 9.88. The molecule has 0 saturated carbocycles. The van der Waals surface area contributed by atoms with Crippen LogP contribution < -0.4 is 4.74 Å². The van der Waals surface area contributed by atoms with Crippen LogP contribution in [0.3, 0.4) is 0 Å². The fourth-order valence-electron chi connectivity index (χ4n) is 4.07. The summed E-state index contributed by atoms with van der Waals surface area (Å²) in [7, 11) is 1.53. The average Bonchev–Trinajstić information content (AvgIpc) is 3.06. The number of rotatable bonds is 5. The van der Waals surface area contributed by atoms with Crippen molar-refractivity contribution < 1.29 is 19.1 Å². The number of carbonyl (C=O) groups excluding carboxylic acids is 2. The third kappa shape index (κ3) is 3.75. The van der Waals surface area contributed by atoms with Crippen molar-refractivity contribution in [2.75, 3.05) is 7.11 Å². The Balaban J connectivity index is 1.45. The number of hydrogen-bond acceptors (Lipinski definition) is 5. The zero-order chi connectivity index (χ0) is 20.4. The molecule has 6 nitrogen and oxygen atoms in total. The summed E-state index contributed by atoms with van der Waals surface area (Å²) in [5, 5.41) is 0. The maximum Gasteiger partial charge on any atom is 0.417 e. The minimum Gasteiger partial charge on any atom is -0.481 e. The molecule has 2 aromatic rings. The number of carbonyl (C=O) groups is 2. The second kappa shape index (κ2) is 8.07. The number of aromatic nitrogens is 1. The molecule has 6 heteroatoms. The Morgan fingerprint density at radius 2 is 2.07 bits per heavy atom. The number of ether oxygens (including phenoxy) is 2. The topological polar surface area (TPSA) is 68.7 Å². The molecule has 0 radical (unpaired) electrons. The highest BCUT2D eigenvalue weighted by Crippen LogP contribution is 2.34. The maximum atomic E-state index is 12.9. The third-order valence-corrected chi connectivity index (χ3v) is 5.56. The van der Waals surface area contributed by atoms with Crippen LogP contribution in [0.4, 0.5) is 4.79 Å². The molecule has 2 amide bonds. The predicted molar refractivity (Wildman–Crippen MR) is 108 cm³/mol. The number of fused-ring (bicyclic) bond motifs is 1. The third-order valence-electron chi connectivity index (χ3n) is 5.56. The molecule has 1 saturated heterocycles. The van der Waals surface area contributed by atoms with E-state index in [1.807, 2.05) is 19.1 Å². The van der Waals surface area contributed by atoms with Crippen molar-refractivity contribution in [2.45, 2.75) is 44.8 Å². The summed E-state index contributed by atoms with van der Waals surface area (Å²) in [5.74, 6) is 0.218. The summed E-state index contributed by atoms with van der Waals surface area (Å²) in [6.45, 7) is 1.81. The van der Waals surface area contributed by atoms with Crippen molar-refractivity contribution in [1.82, 2.24) is 9.88 Å². The first-order chi connectivity index (χ1) is 14.1. The highest BCUT2D eigenvalue weighted by Gasteiger charge is 2.43. The Morgan fingerprint density at radius 3 is 2.90 bits per heavy atom. The quantitative estimate of drug-likeness (QED) is 0.758. The number of nitrogens with zero attached hydrogens (tertiary/aromatic N) is 2. The van der Waals surface area contributed by atoms with Crippen molar-refractivity contribution in [3.63, 3.8) is 0 Å². The number of hydrogen-bond donors (Lipinski definition) is 0. The summed E-state index contributed by atoms with van der Waals surface area (Å²) in [6, 6.07) is 13.2. The van der Waals surface area contributed by atoms with E-state index in [9.17, 15) is 9.59 Å². The Bertz CT molecular complexity index is 969. The minimum absolute atomic E-state index is 0.225. The van der Waals surface area contributed by atoms with Gasteiger partial charge in [-0.3, -0.25) is 4.79 Å². The SMILES string of the molecule is COc1cccc([C@H]2OC(=O)N(C(=O)CCC3=CCCc4ccccc43)[C@H]2C)n1. The Morgan fingerprint density at radius 1 is 1.24 bits per heavy atom. The van der Waals surface area contributed by atoms with E-state index in [4.69, 9.17) is 9.47 Å². The zero-order valence-electron chi connectivity index (χ0n) is 16.6. The van der Waals surface area contributed by atoms with E-state index in [1.165, 1.54) is 28.7 Å². The summed E-state index contributed by atoms with van der Waals surface area (Å²) in [4.78, 5) is 30.9. The number of amides is 2. The monoisotopic (exact) mass is 392 g/mol. The fourth-order valence-corrected chi connectivity index (χ4v) is 4.07. The van der Waals surface area contributed by atoms with Crippen LogP contribution in [-0.2, 0) is 16.0 Å². The largest absolute Gasteiger partial charge is 0.481 e. The molecule has 2 atom stereocenters. The summed E-state index contributed by atoms with van der Waals surface area (Å²) >= 11 is 0. The van der Waals surface area contributed by atoms with Gasteiger partial charge in [0, 0.05) is 12.5 Å². The standard InChI is InChI=1S/C23H24N2O4/c1-15-22(19-11-6-12-20(24-19)28-2)29-23(27)25(15)21(26)14-13-17-9-5-8-16-7-3-4-10-18(16)17/h3-4,6-7,9-12,15,22H,5,8,13-14H2,1-2H3/t15-,22-/m0/s1. The first-order valence-electron chi connectivity index (χ1n) is 9.89. The lowest BCUT2D eigenvalue weighted by Gasteiger charge is -2.21. The number of benzene rings is 1. The van der Waals surface area contributed by atoms with Crippen molar-refractivity contribution in [1.29, 1.82) is 0 Å². The predicted octanol–water partition coefficient (Wildman–Crippen LogP) is 4.31. The van der Waals surface area contributed by atoms with Gasteiger partial charge in [0.25, 0.3) is 0 Å². The Hall–Kier alpha value is -3.15. The van der Waals surface area contributed by atoms with Crippen molar-refractivity contribution in [3.8, 4) is 5.88 Å². The molecule has 150 valence electrons. The van der Waals surface area contributed by atoms with Gasteiger partial charge in [-0.2, -0.15) is 0 Å². The van der Waals surface area contributed by atoms with Crippen LogP contribution in [0.5, 0.6) is 5.88 Å². The number of pyridine rings is 1. The van der Waals surface area contributed by atoms with Gasteiger partial charge in [0.15, 0.2) is 6.10 Å². The van der Waals surface area contributed by atoms with Crippen LogP contribution in [0.1, 0.15) is 49.1 Å². The molecule has 2 heterocycles. The smallest absolute Gasteiger partial charge is 0.417 e. The van der Waals surface area contributed by atoms with Crippen molar-refractivity contribution >= 4 is 17.6 Å². The molecule has 0 spiro atoms. The van der Waals surface area contributed by atoms with Gasteiger partial charge in [-0.25, -0.2) is 14.7 Å². The minimum atomic E-state index is -0.616. The molecule has 29 heavy (non-hydrogen) atoms. The van der Waals surface area contributed by atoms with Gasteiger partial charge in [0.2, 0.25) is 11.8 Å². The molecule has 0 N–H and O–H groups in total. The molecule has 0 bridgehead atoms. The molecule has 2 aliphatic rings. The molecule has 1 aromatic heterocycles. The van der Waals surface area contributed by atoms with Gasteiger partial charge in [-0.15, -0.1) is 0 Å². The Kier molecular flexibility index (Phi) is 5.34. The number of cyclic esters (lactones) is 1. The molecule has 1 aliphatic heterocycles. The van der Waals surface area contributed by atoms with E-state index in [1.54, 1.807) is 18.2 Å². The van der Waals surface area contributed by atoms with E-state index in [0.717, 1.165) is 12.8 Å². The molecular formula is C23H24N2O4. The number of imide groups is 1. The molecule has 1 aromatic carbocycles. The molecule has 1 aliphatic carbocycles. The second-order valence-electron chi connectivity index (χ2n) is 7.34. The molecule has 1 fully saturated rings. The van der Waals surface area contributed by atoms with Crippen LogP contribution >= 0.6 is 0 Å². The van der Waals surface area contributed by atoms with Crippen LogP contribution in [0.2, 0.25) is 0 Å². The van der Waals surface area contributed by atoms with Gasteiger partial charge < -0.3 is 9.47 Å². The van der Waals surface area contributed by atoms with Gasteiger partial charge in [-0.1, -0.05) is 36.4 Å². The first kappa shape index (κ1) is 19.2. The first-order valence-corrected chi connectivity index (χ1v) is 9.89. The van der Waals surface area contributed by atoms with E-state index in [0.29, 0.717) is 18.0 Å². The number of allylic oxidation sites excluding steroid dienone is 2. The molecule has 0 unspecified atom stereocenters. The lowest BCUT2D eigenvalue weighted by Crippen LogP contribution is -2.37. The highest BCUT2D eigenvalue weighted by molar-refractivity contribution is 5.94. The lowest BCUT2D eigenvalue weighted by molar-refractivity contribution is -0.129. The van der Waals surface area contributed by atoms with Gasteiger partial charge >= 0.3 is 6.09 Å². The summed E-state index contributed by atoms with van der Waals surface area (Å²) in [5.41, 5.74) is 4.27. The van der Waals surface area contributed by atoms with Crippen LogP contribution in [0.25, 0.3) is 5.57 Å². The normalized spacial score (nSPS) is 20.7. The maximum absolute atomic E-state index is 12.9. The number of aryl methyl sites for hydroxylation is 1. The average molecular weight is 392 g/mol. The van der Waals surface area contributed by atoms with Gasteiger partial charge in [-0.05, 0) is 49.0 Å². The summed E-state index contributed by atoms with van der Waals surface area (Å²) < 4.78 is 10.6. The van der Waals surface area contributed by atoms with Crippen molar-refractivity contribution in [3.05, 3.63) is 65.4 Å².